The third kappa shape index (κ3) is 5.77. The Bertz CT molecular complexity index is 898. The van der Waals surface area contributed by atoms with E-state index in [1.807, 2.05) is 26.2 Å². The van der Waals surface area contributed by atoms with Gasteiger partial charge in [-0.15, -0.1) is 0 Å². The SMILES string of the molecule is CN1CCC(C(=O)NC2CCC(CCCc3nc(N(C)C)c4ccccc4n3)CC2)CC1. The van der Waals surface area contributed by atoms with Crippen LogP contribution in [0.1, 0.15) is 57.2 Å². The Hall–Kier alpha value is -2.21. The number of nitrogens with zero attached hydrogens (tertiary/aromatic N) is 4. The molecule has 0 atom stereocenters. The lowest BCUT2D eigenvalue weighted by Gasteiger charge is -2.32. The Labute approximate surface area is 192 Å². The van der Waals surface area contributed by atoms with Crippen LogP contribution in [0.15, 0.2) is 24.3 Å². The van der Waals surface area contributed by atoms with Crippen LogP contribution < -0.4 is 10.2 Å². The molecule has 0 bridgehead atoms. The lowest BCUT2D eigenvalue weighted by atomic mass is 9.82. The molecule has 0 unspecified atom stereocenters. The number of likely N-dealkylation sites (tertiary alicyclic amines) is 1. The molecule has 0 radical (unpaired) electrons. The van der Waals surface area contributed by atoms with Crippen molar-refractivity contribution in [1.82, 2.24) is 20.2 Å². The molecule has 6 nitrogen and oxygen atoms in total. The number of aryl methyl sites for hydroxylation is 1. The highest BCUT2D eigenvalue weighted by Gasteiger charge is 2.27. The fourth-order valence-corrected chi connectivity index (χ4v) is 5.29. The van der Waals surface area contributed by atoms with E-state index in [-0.39, 0.29) is 5.92 Å². The van der Waals surface area contributed by atoms with E-state index in [2.05, 4.69) is 34.3 Å². The van der Waals surface area contributed by atoms with Crippen molar-refractivity contribution >= 4 is 22.6 Å². The number of rotatable bonds is 7. The second-order valence-corrected chi connectivity index (χ2v) is 10.1. The fraction of sp³-hybridized carbons (Fsp3) is 0.654. The number of benzene rings is 1. The van der Waals surface area contributed by atoms with Gasteiger partial charge in [0.15, 0.2) is 0 Å². The summed E-state index contributed by atoms with van der Waals surface area (Å²) in [4.78, 5) is 26.6. The standard InChI is InChI=1S/C26H39N5O/c1-30(2)25-22-8-4-5-9-23(22)28-24(29-25)10-6-7-19-11-13-21(14-12-19)27-26(32)20-15-17-31(3)18-16-20/h4-5,8-9,19-21H,6-7,10-18H2,1-3H3,(H,27,32). The minimum absolute atomic E-state index is 0.220. The van der Waals surface area contributed by atoms with E-state index in [0.717, 1.165) is 80.1 Å². The molecule has 1 amide bonds. The molecule has 2 aliphatic rings. The Kier molecular flexibility index (Phi) is 7.61. The highest BCUT2D eigenvalue weighted by Crippen LogP contribution is 2.29. The third-order valence-electron chi connectivity index (χ3n) is 7.35. The number of carbonyl (C=O) groups is 1. The number of amides is 1. The Balaban J connectivity index is 1.21. The summed E-state index contributed by atoms with van der Waals surface area (Å²) >= 11 is 0. The van der Waals surface area contributed by atoms with Crippen LogP contribution in [-0.4, -0.2) is 61.0 Å². The van der Waals surface area contributed by atoms with E-state index in [0.29, 0.717) is 11.9 Å². The van der Waals surface area contributed by atoms with E-state index in [1.54, 1.807) is 0 Å². The van der Waals surface area contributed by atoms with Crippen molar-refractivity contribution in [3.05, 3.63) is 30.1 Å². The van der Waals surface area contributed by atoms with E-state index in [9.17, 15) is 4.79 Å². The molecule has 1 aliphatic carbocycles. The normalized spacial score (nSPS) is 22.7. The predicted octanol–water partition coefficient (Wildman–Crippen LogP) is 4.04. The van der Waals surface area contributed by atoms with Crippen molar-refractivity contribution < 1.29 is 4.79 Å². The summed E-state index contributed by atoms with van der Waals surface area (Å²) in [5.74, 6) is 3.24. The summed E-state index contributed by atoms with van der Waals surface area (Å²) in [6, 6.07) is 8.64. The maximum Gasteiger partial charge on any atom is 0.223 e. The number of hydrogen-bond donors (Lipinski definition) is 1. The van der Waals surface area contributed by atoms with Gasteiger partial charge in [0.05, 0.1) is 5.52 Å². The number of anilines is 1. The van der Waals surface area contributed by atoms with Gasteiger partial charge in [-0.05, 0) is 83.1 Å². The number of piperidine rings is 1. The number of hydrogen-bond acceptors (Lipinski definition) is 5. The highest BCUT2D eigenvalue weighted by atomic mass is 16.1. The summed E-state index contributed by atoms with van der Waals surface area (Å²) in [6.45, 7) is 2.09. The second kappa shape index (κ2) is 10.6. The first-order valence-electron chi connectivity index (χ1n) is 12.4. The highest BCUT2D eigenvalue weighted by molar-refractivity contribution is 5.89. The molecule has 1 saturated heterocycles. The first-order valence-corrected chi connectivity index (χ1v) is 12.4. The lowest BCUT2D eigenvalue weighted by molar-refractivity contribution is -0.127. The van der Waals surface area contributed by atoms with E-state index < -0.39 is 0 Å². The second-order valence-electron chi connectivity index (χ2n) is 10.1. The third-order valence-corrected chi connectivity index (χ3v) is 7.35. The first kappa shape index (κ1) is 23.0. The molecule has 1 aromatic carbocycles. The van der Waals surface area contributed by atoms with Crippen LogP contribution in [0.3, 0.4) is 0 Å². The minimum Gasteiger partial charge on any atom is -0.362 e. The van der Waals surface area contributed by atoms with E-state index in [4.69, 9.17) is 9.97 Å². The molecule has 0 spiro atoms. The van der Waals surface area contributed by atoms with Gasteiger partial charge in [-0.1, -0.05) is 18.6 Å². The van der Waals surface area contributed by atoms with Crippen molar-refractivity contribution in [3.63, 3.8) is 0 Å². The van der Waals surface area contributed by atoms with Crippen molar-refractivity contribution in [2.45, 2.75) is 63.8 Å². The largest absolute Gasteiger partial charge is 0.362 e. The van der Waals surface area contributed by atoms with Crippen LogP contribution in [0.25, 0.3) is 10.9 Å². The van der Waals surface area contributed by atoms with Crippen LogP contribution in [0.5, 0.6) is 0 Å². The number of fused-ring (bicyclic) bond motifs is 1. The van der Waals surface area contributed by atoms with Crippen LogP contribution in [-0.2, 0) is 11.2 Å². The number of para-hydroxylation sites is 1. The molecule has 2 aromatic rings. The predicted molar refractivity (Wildman–Crippen MR) is 131 cm³/mol. The lowest BCUT2D eigenvalue weighted by Crippen LogP contribution is -2.44. The summed E-state index contributed by atoms with van der Waals surface area (Å²) in [5.41, 5.74) is 1.03. The zero-order valence-corrected chi connectivity index (χ0v) is 20.0. The maximum absolute atomic E-state index is 12.6. The molecule has 4 rings (SSSR count). The Morgan fingerprint density at radius 2 is 1.78 bits per heavy atom. The number of nitrogens with one attached hydrogen (secondary N) is 1. The van der Waals surface area contributed by atoms with Gasteiger partial charge >= 0.3 is 0 Å². The van der Waals surface area contributed by atoms with Gasteiger partial charge in [0.2, 0.25) is 5.91 Å². The van der Waals surface area contributed by atoms with E-state index >= 15 is 0 Å². The number of carbonyl (C=O) groups excluding carboxylic acids is 1. The van der Waals surface area contributed by atoms with Crippen molar-refractivity contribution in [1.29, 1.82) is 0 Å². The van der Waals surface area contributed by atoms with Crippen LogP contribution >= 0.6 is 0 Å². The molecular formula is C26H39N5O. The smallest absolute Gasteiger partial charge is 0.223 e. The summed E-state index contributed by atoms with van der Waals surface area (Å²) in [7, 11) is 6.23. The minimum atomic E-state index is 0.220. The molecule has 174 valence electrons. The van der Waals surface area contributed by atoms with Crippen LogP contribution in [0, 0.1) is 11.8 Å². The molecule has 1 aromatic heterocycles. The molecule has 2 heterocycles. The van der Waals surface area contributed by atoms with Gasteiger partial charge in [0.1, 0.15) is 11.6 Å². The average Bonchev–Trinajstić information content (AvgIpc) is 2.80. The average molecular weight is 438 g/mol. The monoisotopic (exact) mass is 437 g/mol. The van der Waals surface area contributed by atoms with Crippen molar-refractivity contribution in [2.24, 2.45) is 11.8 Å². The van der Waals surface area contributed by atoms with Crippen molar-refractivity contribution in [2.75, 3.05) is 39.1 Å². The maximum atomic E-state index is 12.6. The quantitative estimate of drug-likeness (QED) is 0.708. The zero-order valence-electron chi connectivity index (χ0n) is 20.0. The van der Waals surface area contributed by atoms with Gasteiger partial charge < -0.3 is 15.1 Å². The van der Waals surface area contributed by atoms with Crippen LogP contribution in [0.4, 0.5) is 5.82 Å². The van der Waals surface area contributed by atoms with Gasteiger partial charge in [-0.3, -0.25) is 4.79 Å². The molecule has 32 heavy (non-hydrogen) atoms. The molecule has 1 saturated carbocycles. The zero-order chi connectivity index (χ0) is 22.5. The van der Waals surface area contributed by atoms with Gasteiger partial charge in [0.25, 0.3) is 0 Å². The Morgan fingerprint density at radius 3 is 2.50 bits per heavy atom. The van der Waals surface area contributed by atoms with Crippen LogP contribution in [0.2, 0.25) is 0 Å². The fourth-order valence-electron chi connectivity index (χ4n) is 5.29. The van der Waals surface area contributed by atoms with Gasteiger partial charge in [0, 0.05) is 37.9 Å². The number of aromatic nitrogens is 2. The Morgan fingerprint density at radius 1 is 1.06 bits per heavy atom. The first-order chi connectivity index (χ1) is 15.5. The molecular weight excluding hydrogens is 398 g/mol. The molecule has 6 heteroatoms. The van der Waals surface area contributed by atoms with Gasteiger partial charge in [-0.25, -0.2) is 9.97 Å². The summed E-state index contributed by atoms with van der Waals surface area (Å²) < 4.78 is 0. The van der Waals surface area contributed by atoms with E-state index in [1.165, 1.54) is 19.3 Å². The molecule has 1 aliphatic heterocycles. The topological polar surface area (TPSA) is 61.4 Å². The van der Waals surface area contributed by atoms with Crippen molar-refractivity contribution in [3.8, 4) is 0 Å². The van der Waals surface area contributed by atoms with Gasteiger partial charge in [-0.2, -0.15) is 0 Å². The summed E-state index contributed by atoms with van der Waals surface area (Å²) in [5, 5.41) is 4.47. The molecule has 1 N–H and O–H groups in total. The molecule has 2 fully saturated rings. The summed E-state index contributed by atoms with van der Waals surface area (Å²) in [6.07, 6.45) is 9.98.